The van der Waals surface area contributed by atoms with Gasteiger partial charge in [0.15, 0.2) is 6.10 Å². The molecular formula is C61H110O6. The van der Waals surface area contributed by atoms with Gasteiger partial charge in [-0.05, 0) is 83.5 Å². The van der Waals surface area contributed by atoms with Crippen molar-refractivity contribution >= 4 is 17.9 Å². The number of allylic oxidation sites excluding steroid dienone is 8. The molecule has 0 aromatic rings. The highest BCUT2D eigenvalue weighted by atomic mass is 16.6. The number of carbonyl (C=O) groups is 3. The Morgan fingerprint density at radius 3 is 0.836 bits per heavy atom. The topological polar surface area (TPSA) is 78.9 Å². The van der Waals surface area contributed by atoms with Gasteiger partial charge in [0.1, 0.15) is 13.2 Å². The summed E-state index contributed by atoms with van der Waals surface area (Å²) >= 11 is 0. The molecule has 0 saturated carbocycles. The minimum atomic E-state index is -0.773. The first-order valence-corrected chi connectivity index (χ1v) is 29.1. The lowest BCUT2D eigenvalue weighted by atomic mass is 10.0. The van der Waals surface area contributed by atoms with Crippen LogP contribution in [0.1, 0.15) is 303 Å². The zero-order valence-corrected chi connectivity index (χ0v) is 44.7. The molecule has 0 fully saturated rings. The zero-order chi connectivity index (χ0) is 48.6. The summed E-state index contributed by atoms with van der Waals surface area (Å²) in [4.78, 5) is 37.9. The normalized spacial score (nSPS) is 12.3. The van der Waals surface area contributed by atoms with Gasteiger partial charge in [0.05, 0.1) is 0 Å². The van der Waals surface area contributed by atoms with Crippen molar-refractivity contribution in [3.63, 3.8) is 0 Å². The molecular weight excluding hydrogens is 829 g/mol. The molecule has 0 rings (SSSR count). The van der Waals surface area contributed by atoms with E-state index in [2.05, 4.69) is 69.4 Å². The average molecular weight is 940 g/mol. The Labute approximate surface area is 416 Å². The summed E-state index contributed by atoms with van der Waals surface area (Å²) in [5, 5.41) is 0. The van der Waals surface area contributed by atoms with E-state index in [-0.39, 0.29) is 31.1 Å². The predicted octanol–water partition coefficient (Wildman–Crippen LogP) is 19.4. The second-order valence-corrected chi connectivity index (χ2v) is 19.6. The number of ether oxygens (including phenoxy) is 3. The van der Waals surface area contributed by atoms with Crippen molar-refractivity contribution in [2.24, 2.45) is 0 Å². The fourth-order valence-corrected chi connectivity index (χ4v) is 8.39. The van der Waals surface area contributed by atoms with Gasteiger partial charge in [0, 0.05) is 19.3 Å². The molecule has 0 bridgehead atoms. The summed E-state index contributed by atoms with van der Waals surface area (Å²) in [5.74, 6) is -0.881. The van der Waals surface area contributed by atoms with Gasteiger partial charge in [-0.1, -0.05) is 249 Å². The molecule has 0 aliphatic heterocycles. The predicted molar refractivity (Wildman–Crippen MR) is 289 cm³/mol. The first-order chi connectivity index (χ1) is 33.0. The zero-order valence-electron chi connectivity index (χ0n) is 44.7. The summed E-state index contributed by atoms with van der Waals surface area (Å²) < 4.78 is 16.8. The van der Waals surface area contributed by atoms with Gasteiger partial charge < -0.3 is 14.2 Å². The van der Waals surface area contributed by atoms with Crippen molar-refractivity contribution in [3.05, 3.63) is 48.6 Å². The molecule has 6 nitrogen and oxygen atoms in total. The third-order valence-electron chi connectivity index (χ3n) is 12.8. The van der Waals surface area contributed by atoms with Crippen LogP contribution in [0.5, 0.6) is 0 Å². The lowest BCUT2D eigenvalue weighted by Crippen LogP contribution is -2.30. The Bertz CT molecular complexity index is 1170. The summed E-state index contributed by atoms with van der Waals surface area (Å²) in [6, 6.07) is 0. The molecule has 6 heteroatoms. The first-order valence-electron chi connectivity index (χ1n) is 29.1. The van der Waals surface area contributed by atoms with Gasteiger partial charge in [-0.2, -0.15) is 0 Å². The molecule has 0 saturated heterocycles. The Morgan fingerprint density at radius 1 is 0.299 bits per heavy atom. The summed E-state index contributed by atoms with van der Waals surface area (Å²) in [7, 11) is 0. The van der Waals surface area contributed by atoms with Crippen molar-refractivity contribution in [2.75, 3.05) is 13.2 Å². The van der Waals surface area contributed by atoms with Crippen LogP contribution in [-0.4, -0.2) is 37.2 Å². The van der Waals surface area contributed by atoms with Crippen LogP contribution in [-0.2, 0) is 28.6 Å². The summed E-state index contributed by atoms with van der Waals surface area (Å²) in [6.07, 6.45) is 68.5. The lowest BCUT2D eigenvalue weighted by Gasteiger charge is -2.18. The van der Waals surface area contributed by atoms with E-state index in [1.165, 1.54) is 186 Å². The molecule has 0 amide bonds. The Hall–Kier alpha value is -2.63. The minimum absolute atomic E-state index is 0.0747. The monoisotopic (exact) mass is 939 g/mol. The Kier molecular flexibility index (Phi) is 53.8. The molecule has 0 heterocycles. The molecule has 1 atom stereocenters. The first kappa shape index (κ1) is 64.4. The third-order valence-corrected chi connectivity index (χ3v) is 12.8. The largest absolute Gasteiger partial charge is 0.462 e. The third kappa shape index (κ3) is 54.2. The number of rotatable bonds is 53. The molecule has 0 aliphatic carbocycles. The van der Waals surface area contributed by atoms with E-state index in [1.54, 1.807) is 0 Å². The maximum absolute atomic E-state index is 12.8. The van der Waals surface area contributed by atoms with Crippen molar-refractivity contribution in [1.29, 1.82) is 0 Å². The minimum Gasteiger partial charge on any atom is -0.462 e. The molecule has 67 heavy (non-hydrogen) atoms. The van der Waals surface area contributed by atoms with E-state index in [0.29, 0.717) is 19.3 Å². The molecule has 0 aliphatic rings. The smallest absolute Gasteiger partial charge is 0.306 e. The fraction of sp³-hybridized carbons (Fsp3) is 0.820. The van der Waals surface area contributed by atoms with Crippen LogP contribution >= 0.6 is 0 Å². The maximum Gasteiger partial charge on any atom is 0.306 e. The van der Waals surface area contributed by atoms with Gasteiger partial charge in [0.2, 0.25) is 0 Å². The van der Waals surface area contributed by atoms with Crippen LogP contribution < -0.4 is 0 Å². The van der Waals surface area contributed by atoms with Crippen molar-refractivity contribution in [2.45, 2.75) is 309 Å². The van der Waals surface area contributed by atoms with Gasteiger partial charge >= 0.3 is 17.9 Å². The SMILES string of the molecule is CCCCCC/C=C\C/C=C\CCCCCCCCCC(=O)OC(COC(=O)CCCCCCCC)COC(=O)CCCCCCCCCCCCCCC/C=C\C/C=C\CCCCCCC. The Morgan fingerprint density at radius 2 is 0.537 bits per heavy atom. The maximum atomic E-state index is 12.8. The van der Waals surface area contributed by atoms with Crippen LogP contribution in [0, 0.1) is 0 Å². The highest BCUT2D eigenvalue weighted by molar-refractivity contribution is 5.71. The van der Waals surface area contributed by atoms with Crippen molar-refractivity contribution < 1.29 is 28.6 Å². The van der Waals surface area contributed by atoms with E-state index in [9.17, 15) is 14.4 Å². The van der Waals surface area contributed by atoms with Crippen molar-refractivity contribution in [3.8, 4) is 0 Å². The van der Waals surface area contributed by atoms with Crippen LogP contribution in [0.15, 0.2) is 48.6 Å². The second-order valence-electron chi connectivity index (χ2n) is 19.6. The van der Waals surface area contributed by atoms with E-state index < -0.39 is 6.10 Å². The quantitative estimate of drug-likeness (QED) is 0.0262. The van der Waals surface area contributed by atoms with E-state index in [0.717, 1.165) is 77.0 Å². The molecule has 0 aromatic carbocycles. The molecule has 0 radical (unpaired) electrons. The van der Waals surface area contributed by atoms with Crippen molar-refractivity contribution in [1.82, 2.24) is 0 Å². The molecule has 0 N–H and O–H groups in total. The fourth-order valence-electron chi connectivity index (χ4n) is 8.39. The van der Waals surface area contributed by atoms with Crippen LogP contribution in [0.3, 0.4) is 0 Å². The van der Waals surface area contributed by atoms with E-state index >= 15 is 0 Å². The van der Waals surface area contributed by atoms with Gasteiger partial charge in [-0.3, -0.25) is 14.4 Å². The van der Waals surface area contributed by atoms with E-state index in [4.69, 9.17) is 14.2 Å². The highest BCUT2D eigenvalue weighted by Crippen LogP contribution is 2.16. The number of unbranched alkanes of at least 4 members (excludes halogenated alkanes) is 34. The number of hydrogen-bond acceptors (Lipinski definition) is 6. The van der Waals surface area contributed by atoms with Gasteiger partial charge in [-0.15, -0.1) is 0 Å². The van der Waals surface area contributed by atoms with Gasteiger partial charge in [-0.25, -0.2) is 0 Å². The number of hydrogen-bond donors (Lipinski definition) is 0. The average Bonchev–Trinajstić information content (AvgIpc) is 3.33. The molecule has 1 unspecified atom stereocenters. The van der Waals surface area contributed by atoms with Gasteiger partial charge in [0.25, 0.3) is 0 Å². The Balaban J connectivity index is 4.11. The molecule has 0 spiro atoms. The molecule has 390 valence electrons. The summed E-state index contributed by atoms with van der Waals surface area (Å²) in [5.41, 5.74) is 0. The lowest BCUT2D eigenvalue weighted by molar-refractivity contribution is -0.167. The standard InChI is InChI=1S/C61H110O6/c1-4-7-10-13-16-18-20-22-24-26-28-29-30-31-32-33-34-36-37-39-41-43-45-48-51-54-60(63)66-57-58(56-65-59(62)53-50-47-15-12-9-6-3)67-61(64)55-52-49-46-44-42-40-38-35-27-25-23-21-19-17-14-11-8-5-2/h19-22,25-28,58H,4-18,23-24,29-57H2,1-3H3/b21-19-,22-20-,27-25-,28-26-. The number of carbonyl (C=O) groups excluding carboxylic acids is 3. The number of esters is 3. The van der Waals surface area contributed by atoms with E-state index in [1.807, 2.05) is 0 Å². The molecule has 0 aromatic heterocycles. The van der Waals surface area contributed by atoms with Crippen LogP contribution in [0.25, 0.3) is 0 Å². The second kappa shape index (κ2) is 56.0. The summed E-state index contributed by atoms with van der Waals surface area (Å²) in [6.45, 7) is 6.57. The van der Waals surface area contributed by atoms with Crippen LogP contribution in [0.2, 0.25) is 0 Å². The highest BCUT2D eigenvalue weighted by Gasteiger charge is 2.19. The van der Waals surface area contributed by atoms with Crippen LogP contribution in [0.4, 0.5) is 0 Å².